The van der Waals surface area contributed by atoms with Gasteiger partial charge in [0.05, 0.1) is 6.07 Å². The zero-order valence-electron chi connectivity index (χ0n) is 18.8. The average Bonchev–Trinajstić information content (AvgIpc) is 2.57. The van der Waals surface area contributed by atoms with E-state index >= 15 is 0 Å². The van der Waals surface area contributed by atoms with Crippen LogP contribution >= 0.6 is 0 Å². The number of carbonyl (C=O) groups is 1. The predicted octanol–water partition coefficient (Wildman–Crippen LogP) is 2.25. The van der Waals surface area contributed by atoms with Gasteiger partial charge in [0.2, 0.25) is 0 Å². The highest BCUT2D eigenvalue weighted by atomic mass is 16.1. The van der Waals surface area contributed by atoms with E-state index in [0.717, 1.165) is 0 Å². The molecule has 1 atom stereocenters. The lowest BCUT2D eigenvalue weighted by molar-refractivity contribution is 0.0851. The number of likely N-dealkylation sites (tertiary alicyclic amines) is 1. The maximum Gasteiger partial charge on any atom is 0.194 e. The van der Waals surface area contributed by atoms with Gasteiger partial charge in [-0.25, -0.2) is 0 Å². The summed E-state index contributed by atoms with van der Waals surface area (Å²) in [6.45, 7) is -7.03. The first-order chi connectivity index (χ1) is 12.1. The largest absolute Gasteiger partial charge is 0.291 e. The number of benzene rings is 1. The van der Waals surface area contributed by atoms with Crippen molar-refractivity contribution in [2.45, 2.75) is 25.2 Å². The van der Waals surface area contributed by atoms with Gasteiger partial charge in [0, 0.05) is 19.3 Å². The van der Waals surface area contributed by atoms with Crippen LogP contribution in [0.2, 0.25) is 0 Å². The van der Waals surface area contributed by atoms with Gasteiger partial charge < -0.3 is 0 Å². The van der Waals surface area contributed by atoms with Crippen molar-refractivity contribution in [1.29, 1.82) is 5.26 Å². The van der Waals surface area contributed by atoms with Gasteiger partial charge in [-0.2, -0.15) is 5.26 Å². The van der Waals surface area contributed by atoms with E-state index in [-0.39, 0.29) is 10.5 Å². The lowest BCUT2D eigenvalue weighted by Crippen LogP contribution is -2.43. The summed E-state index contributed by atoms with van der Waals surface area (Å²) in [5.41, 5.74) is -0.0784. The average molecular weight is 238 g/mol. The Labute approximate surface area is 116 Å². The van der Waals surface area contributed by atoms with Gasteiger partial charge in [0.15, 0.2) is 11.8 Å². The predicted molar refractivity (Wildman–Crippen MR) is 65.6 cm³/mol. The summed E-state index contributed by atoms with van der Waals surface area (Å²) in [6.07, 6.45) is -10.8. The van der Waals surface area contributed by atoms with Crippen molar-refractivity contribution in [2.75, 3.05) is 13.0 Å². The van der Waals surface area contributed by atoms with Gasteiger partial charge in [0.25, 0.3) is 0 Å². The van der Waals surface area contributed by atoms with E-state index in [1.807, 2.05) is 0 Å². The summed E-state index contributed by atoms with van der Waals surface area (Å²) in [7, 11) is 0. The number of piperidine rings is 1. The molecule has 1 fully saturated rings. The Morgan fingerprint density at radius 3 is 2.53 bits per heavy atom. The van der Waals surface area contributed by atoms with E-state index in [1.165, 1.54) is 30.3 Å². The molecule has 3 heteroatoms. The monoisotopic (exact) mass is 238 g/mol. The number of hydrogen-bond acceptors (Lipinski definition) is 3. The van der Waals surface area contributed by atoms with E-state index < -0.39 is 43.9 Å². The van der Waals surface area contributed by atoms with Gasteiger partial charge in [0.1, 0.15) is 0 Å². The SMILES string of the molecule is [2H]C1([2H])N(C(C#N)C(=O)c2ccccc2)C([2H])([2H])C([2H])([2H])C([2H])([2H])C1([2H])[2H]. The minimum Gasteiger partial charge on any atom is -0.291 e. The summed E-state index contributed by atoms with van der Waals surface area (Å²) in [6, 6.07) is 6.28. The Kier molecular flexibility index (Phi) is 1.50. The van der Waals surface area contributed by atoms with Crippen molar-refractivity contribution in [3.8, 4) is 6.07 Å². The van der Waals surface area contributed by atoms with Crippen molar-refractivity contribution in [3.63, 3.8) is 0 Å². The Bertz CT molecular complexity index is 757. The smallest absolute Gasteiger partial charge is 0.194 e. The molecule has 0 amide bonds. The molecular formula is C14H16N2O. The molecule has 1 aliphatic heterocycles. The summed E-state index contributed by atoms with van der Waals surface area (Å²) >= 11 is 0. The van der Waals surface area contributed by atoms with Crippen LogP contribution in [-0.4, -0.2) is 29.7 Å². The summed E-state index contributed by atoms with van der Waals surface area (Å²) < 4.78 is 79.0. The molecule has 0 N–H and O–H groups in total. The van der Waals surface area contributed by atoms with Crippen LogP contribution in [0.3, 0.4) is 0 Å². The van der Waals surface area contributed by atoms with Crippen molar-refractivity contribution in [1.82, 2.24) is 4.90 Å². The van der Waals surface area contributed by atoms with Crippen LogP contribution in [0, 0.1) is 11.3 Å². The van der Waals surface area contributed by atoms with Crippen LogP contribution in [-0.2, 0) is 0 Å². The van der Waals surface area contributed by atoms with Gasteiger partial charge in [-0.15, -0.1) is 0 Å². The molecular weight excluding hydrogens is 212 g/mol. The first kappa shape index (κ1) is 4.55. The number of Topliss-reactive ketones (excluding diaryl/α,β-unsaturated/α-hetero) is 1. The second kappa shape index (κ2) is 5.60. The van der Waals surface area contributed by atoms with Crippen molar-refractivity contribution < 1.29 is 18.5 Å². The van der Waals surface area contributed by atoms with Crippen molar-refractivity contribution in [3.05, 3.63) is 35.9 Å². The van der Waals surface area contributed by atoms with E-state index in [4.69, 9.17) is 13.7 Å². The molecule has 0 aliphatic carbocycles. The lowest BCUT2D eigenvalue weighted by atomic mass is 10.0. The van der Waals surface area contributed by atoms with E-state index in [0.29, 0.717) is 0 Å². The zero-order valence-corrected chi connectivity index (χ0v) is 8.77. The molecule has 1 aromatic rings. The first-order valence-corrected chi connectivity index (χ1v) is 4.87. The van der Waals surface area contributed by atoms with E-state index in [2.05, 4.69) is 0 Å². The normalized spacial score (nSPS) is 41.8. The van der Waals surface area contributed by atoms with Crippen molar-refractivity contribution >= 4 is 5.78 Å². The number of ketones is 1. The van der Waals surface area contributed by atoms with Crippen LogP contribution in [0.1, 0.15) is 43.2 Å². The molecule has 0 saturated carbocycles. The molecule has 1 heterocycles. The lowest BCUT2D eigenvalue weighted by Gasteiger charge is -2.29. The number of carbonyl (C=O) groups excluding carboxylic acids is 1. The molecule has 1 unspecified atom stereocenters. The van der Waals surface area contributed by atoms with Crippen molar-refractivity contribution in [2.24, 2.45) is 0 Å². The third kappa shape index (κ3) is 2.72. The molecule has 0 aromatic heterocycles. The highest BCUT2D eigenvalue weighted by Crippen LogP contribution is 2.15. The van der Waals surface area contributed by atoms with Crippen LogP contribution in [0.25, 0.3) is 0 Å². The topological polar surface area (TPSA) is 44.1 Å². The highest BCUT2D eigenvalue weighted by Gasteiger charge is 2.27. The summed E-state index contributed by atoms with van der Waals surface area (Å²) in [5.74, 6) is -1.06. The maximum atomic E-state index is 12.7. The molecule has 88 valence electrons. The third-order valence-electron chi connectivity index (χ3n) is 2.16. The minimum absolute atomic E-state index is 0.0784. The molecule has 3 nitrogen and oxygen atoms in total. The highest BCUT2D eigenvalue weighted by molar-refractivity contribution is 6.01. The standard InChI is InChI=1S/C14H16N2O/c15-11-13(16-9-5-2-6-10-16)14(17)12-7-3-1-4-8-12/h1,3-4,7-8,13H,2,5-6,9-10H2/i2D2,5D2,6D2,9D2,10D2. The number of hydrogen-bond donors (Lipinski definition) is 0. The quantitative estimate of drug-likeness (QED) is 0.759. The maximum absolute atomic E-state index is 12.7. The molecule has 2 rings (SSSR count). The minimum atomic E-state index is -3.60. The van der Waals surface area contributed by atoms with Gasteiger partial charge in [-0.3, -0.25) is 9.69 Å². The summed E-state index contributed by atoms with van der Waals surface area (Å²) in [5, 5.41) is 9.46. The first-order valence-electron chi connectivity index (χ1n) is 9.87. The summed E-state index contributed by atoms with van der Waals surface area (Å²) in [4.78, 5) is 12.6. The van der Waals surface area contributed by atoms with Crippen LogP contribution in [0.15, 0.2) is 30.3 Å². The van der Waals surface area contributed by atoms with Gasteiger partial charge in [-0.1, -0.05) is 36.7 Å². The van der Waals surface area contributed by atoms with E-state index in [9.17, 15) is 10.1 Å². The Morgan fingerprint density at radius 1 is 1.29 bits per heavy atom. The molecule has 1 aliphatic rings. The van der Waals surface area contributed by atoms with Gasteiger partial charge in [-0.05, 0) is 25.7 Å². The molecule has 0 bridgehead atoms. The second-order valence-electron chi connectivity index (χ2n) is 3.23. The van der Waals surface area contributed by atoms with Crippen LogP contribution in [0.4, 0.5) is 0 Å². The molecule has 17 heavy (non-hydrogen) atoms. The molecule has 1 aromatic carbocycles. The molecule has 1 saturated heterocycles. The fourth-order valence-electron chi connectivity index (χ4n) is 1.36. The Hall–Kier alpha value is -1.66. The number of rotatable bonds is 3. The van der Waals surface area contributed by atoms with E-state index in [1.54, 1.807) is 6.07 Å². The fourth-order valence-corrected chi connectivity index (χ4v) is 1.36. The number of nitriles is 1. The Balaban J connectivity index is 2.72. The zero-order chi connectivity index (χ0) is 21.1. The third-order valence-corrected chi connectivity index (χ3v) is 2.16. The molecule has 0 radical (unpaired) electrons. The van der Waals surface area contributed by atoms with Crippen LogP contribution < -0.4 is 0 Å². The second-order valence-corrected chi connectivity index (χ2v) is 3.23. The Morgan fingerprint density at radius 2 is 1.94 bits per heavy atom. The molecule has 0 spiro atoms. The van der Waals surface area contributed by atoms with Gasteiger partial charge >= 0.3 is 0 Å². The van der Waals surface area contributed by atoms with Crippen LogP contribution in [0.5, 0.6) is 0 Å². The fraction of sp³-hybridized carbons (Fsp3) is 0.429. The number of nitrogens with zero attached hydrogens (tertiary/aromatic N) is 2.